The summed E-state index contributed by atoms with van der Waals surface area (Å²) >= 11 is 0. The second-order valence-electron chi connectivity index (χ2n) is 6.49. The maximum Gasteiger partial charge on any atom is 0.123 e. The van der Waals surface area contributed by atoms with Gasteiger partial charge in [0, 0.05) is 45.4 Å². The molecule has 2 aromatic rings. The highest BCUT2D eigenvalue weighted by Crippen LogP contribution is 2.18. The van der Waals surface area contributed by atoms with Gasteiger partial charge in [-0.25, -0.2) is 4.39 Å². The van der Waals surface area contributed by atoms with Gasteiger partial charge in [0.25, 0.3) is 0 Å². The van der Waals surface area contributed by atoms with Gasteiger partial charge in [0.15, 0.2) is 0 Å². The van der Waals surface area contributed by atoms with Crippen LogP contribution in [0.25, 0.3) is 0 Å². The van der Waals surface area contributed by atoms with Crippen molar-refractivity contribution in [3.8, 4) is 0 Å². The summed E-state index contributed by atoms with van der Waals surface area (Å²) in [5, 5.41) is 9.42. The number of aliphatic hydroxyl groups excluding tert-OH is 1. The van der Waals surface area contributed by atoms with Crippen molar-refractivity contribution in [3.63, 3.8) is 0 Å². The zero-order valence-electron chi connectivity index (χ0n) is 13.9. The molecule has 0 saturated carbocycles. The van der Waals surface area contributed by atoms with E-state index in [9.17, 15) is 9.50 Å². The monoisotopic (exact) mass is 328 g/mol. The number of rotatable bonds is 6. The van der Waals surface area contributed by atoms with E-state index in [1.807, 2.05) is 12.1 Å². The summed E-state index contributed by atoms with van der Waals surface area (Å²) in [5.41, 5.74) is 2.31. The molecule has 4 heteroatoms. The van der Waals surface area contributed by atoms with E-state index in [0.29, 0.717) is 6.04 Å². The molecule has 2 aromatic carbocycles. The molecule has 128 valence electrons. The van der Waals surface area contributed by atoms with Crippen molar-refractivity contribution < 1.29 is 9.50 Å². The summed E-state index contributed by atoms with van der Waals surface area (Å²) in [7, 11) is 0. The van der Waals surface area contributed by atoms with Crippen molar-refractivity contribution in [2.24, 2.45) is 0 Å². The molecule has 1 atom stereocenters. The summed E-state index contributed by atoms with van der Waals surface area (Å²) < 4.78 is 13.4. The van der Waals surface area contributed by atoms with Crippen LogP contribution in [-0.2, 0) is 13.1 Å². The number of halogens is 1. The van der Waals surface area contributed by atoms with E-state index in [4.69, 9.17) is 0 Å². The Balaban J connectivity index is 1.62. The van der Waals surface area contributed by atoms with Gasteiger partial charge < -0.3 is 5.11 Å². The maximum atomic E-state index is 13.4. The molecule has 1 N–H and O–H groups in total. The van der Waals surface area contributed by atoms with Gasteiger partial charge >= 0.3 is 0 Å². The van der Waals surface area contributed by atoms with Crippen LogP contribution in [0, 0.1) is 5.82 Å². The van der Waals surface area contributed by atoms with Crippen molar-refractivity contribution in [3.05, 3.63) is 71.5 Å². The Morgan fingerprint density at radius 2 is 1.75 bits per heavy atom. The topological polar surface area (TPSA) is 26.7 Å². The van der Waals surface area contributed by atoms with E-state index in [2.05, 4.69) is 34.1 Å². The quantitative estimate of drug-likeness (QED) is 0.883. The number of aliphatic hydroxyl groups is 1. The third kappa shape index (κ3) is 4.63. The lowest BCUT2D eigenvalue weighted by molar-refractivity contribution is 0.0499. The molecule has 0 unspecified atom stereocenters. The van der Waals surface area contributed by atoms with E-state index < -0.39 is 0 Å². The van der Waals surface area contributed by atoms with E-state index in [1.54, 1.807) is 12.1 Å². The van der Waals surface area contributed by atoms with Crippen LogP contribution in [0.5, 0.6) is 0 Å². The van der Waals surface area contributed by atoms with Gasteiger partial charge in [-0.15, -0.1) is 0 Å². The minimum Gasteiger partial charge on any atom is -0.396 e. The van der Waals surface area contributed by atoms with Crippen LogP contribution in [0.1, 0.15) is 17.5 Å². The predicted molar refractivity (Wildman–Crippen MR) is 94.0 cm³/mol. The first-order valence-electron chi connectivity index (χ1n) is 8.60. The van der Waals surface area contributed by atoms with Gasteiger partial charge in [0.05, 0.1) is 0 Å². The van der Waals surface area contributed by atoms with Crippen LogP contribution >= 0.6 is 0 Å². The Bertz CT molecular complexity index is 635. The van der Waals surface area contributed by atoms with Gasteiger partial charge in [0.2, 0.25) is 0 Å². The minimum atomic E-state index is -0.179. The van der Waals surface area contributed by atoms with Crippen LogP contribution in [0.15, 0.2) is 54.6 Å². The molecule has 0 bridgehead atoms. The summed E-state index contributed by atoms with van der Waals surface area (Å²) in [4.78, 5) is 4.81. The van der Waals surface area contributed by atoms with Crippen LogP contribution in [0.4, 0.5) is 4.39 Å². The Morgan fingerprint density at radius 1 is 0.958 bits per heavy atom. The lowest BCUT2D eigenvalue weighted by Crippen LogP contribution is -2.52. The lowest BCUT2D eigenvalue weighted by atomic mass is 10.1. The first kappa shape index (κ1) is 17.1. The summed E-state index contributed by atoms with van der Waals surface area (Å²) in [5.74, 6) is -0.179. The maximum absolute atomic E-state index is 13.4. The molecular weight excluding hydrogens is 303 g/mol. The minimum absolute atomic E-state index is 0.179. The van der Waals surface area contributed by atoms with E-state index in [0.717, 1.165) is 44.7 Å². The highest BCUT2D eigenvalue weighted by Gasteiger charge is 2.26. The first-order chi connectivity index (χ1) is 11.7. The smallest absolute Gasteiger partial charge is 0.123 e. The zero-order chi connectivity index (χ0) is 16.8. The van der Waals surface area contributed by atoms with Crippen molar-refractivity contribution >= 4 is 0 Å². The number of benzene rings is 2. The van der Waals surface area contributed by atoms with E-state index in [-0.39, 0.29) is 12.4 Å². The van der Waals surface area contributed by atoms with E-state index in [1.165, 1.54) is 11.6 Å². The van der Waals surface area contributed by atoms with Crippen LogP contribution < -0.4 is 0 Å². The molecule has 0 amide bonds. The molecule has 0 radical (unpaired) electrons. The molecule has 3 nitrogen and oxygen atoms in total. The number of piperazine rings is 1. The highest BCUT2D eigenvalue weighted by molar-refractivity contribution is 5.17. The largest absolute Gasteiger partial charge is 0.396 e. The van der Waals surface area contributed by atoms with Crippen molar-refractivity contribution in [2.45, 2.75) is 25.6 Å². The molecule has 24 heavy (non-hydrogen) atoms. The van der Waals surface area contributed by atoms with Gasteiger partial charge in [-0.2, -0.15) is 0 Å². The number of hydrogen-bond donors (Lipinski definition) is 1. The molecule has 1 aliphatic heterocycles. The first-order valence-corrected chi connectivity index (χ1v) is 8.60. The Morgan fingerprint density at radius 3 is 2.50 bits per heavy atom. The van der Waals surface area contributed by atoms with Crippen LogP contribution in [-0.4, -0.2) is 47.2 Å². The fourth-order valence-corrected chi connectivity index (χ4v) is 3.44. The highest BCUT2D eigenvalue weighted by atomic mass is 19.1. The van der Waals surface area contributed by atoms with Crippen molar-refractivity contribution in [2.75, 3.05) is 26.2 Å². The van der Waals surface area contributed by atoms with E-state index >= 15 is 0 Å². The fraction of sp³-hybridized carbons (Fsp3) is 0.400. The van der Waals surface area contributed by atoms with Gasteiger partial charge in [-0.05, 0) is 29.7 Å². The molecule has 1 fully saturated rings. The van der Waals surface area contributed by atoms with Crippen molar-refractivity contribution in [1.82, 2.24) is 9.80 Å². The van der Waals surface area contributed by atoms with Gasteiger partial charge in [-0.3, -0.25) is 9.80 Å². The Kier molecular flexibility index (Phi) is 5.96. The second kappa shape index (κ2) is 8.38. The second-order valence-corrected chi connectivity index (χ2v) is 6.49. The van der Waals surface area contributed by atoms with Gasteiger partial charge in [-0.1, -0.05) is 42.5 Å². The molecule has 0 aromatic heterocycles. The zero-order valence-corrected chi connectivity index (χ0v) is 13.9. The third-order valence-electron chi connectivity index (χ3n) is 4.67. The predicted octanol–water partition coefficient (Wildman–Crippen LogP) is 2.89. The van der Waals surface area contributed by atoms with Crippen LogP contribution in [0.3, 0.4) is 0 Å². The normalized spacial score (nSPS) is 19.5. The molecule has 3 rings (SSSR count). The average molecular weight is 328 g/mol. The Labute approximate surface area is 143 Å². The molecule has 1 saturated heterocycles. The van der Waals surface area contributed by atoms with Crippen LogP contribution in [0.2, 0.25) is 0 Å². The summed E-state index contributed by atoms with van der Waals surface area (Å²) in [6.07, 6.45) is 0.770. The Hall–Kier alpha value is -1.75. The number of nitrogens with zero attached hydrogens (tertiary/aromatic N) is 2. The average Bonchev–Trinajstić information content (AvgIpc) is 2.58. The SMILES string of the molecule is OCC[C@@H]1CN(Cc2cccc(F)c2)CCN1Cc1ccccc1. The fourth-order valence-electron chi connectivity index (χ4n) is 3.44. The summed E-state index contributed by atoms with van der Waals surface area (Å²) in [6.45, 7) is 4.71. The van der Waals surface area contributed by atoms with Gasteiger partial charge in [0.1, 0.15) is 5.82 Å². The molecule has 1 heterocycles. The molecule has 0 aliphatic carbocycles. The van der Waals surface area contributed by atoms with Crippen molar-refractivity contribution in [1.29, 1.82) is 0 Å². The molecule has 0 spiro atoms. The molecule has 1 aliphatic rings. The molecular formula is C20H25FN2O. The third-order valence-corrected chi connectivity index (χ3v) is 4.67. The summed E-state index contributed by atoms with van der Waals surface area (Å²) in [6, 6.07) is 17.6. The lowest BCUT2D eigenvalue weighted by Gasteiger charge is -2.41. The number of hydrogen-bond acceptors (Lipinski definition) is 3. The standard InChI is InChI=1S/C20H25FN2O/c21-19-8-4-7-18(13-19)14-22-10-11-23(20(16-22)9-12-24)15-17-5-2-1-3-6-17/h1-8,13,20,24H,9-12,14-16H2/t20-/m1/s1.